The first-order valence-electron chi connectivity index (χ1n) is 8.75. The van der Waals surface area contributed by atoms with E-state index in [-0.39, 0.29) is 31.2 Å². The van der Waals surface area contributed by atoms with Gasteiger partial charge in [0.2, 0.25) is 5.91 Å². The summed E-state index contributed by atoms with van der Waals surface area (Å²) in [5.74, 6) is -1.39. The fourth-order valence-corrected chi connectivity index (χ4v) is 3.01. The quantitative estimate of drug-likeness (QED) is 0.743. The molecular formula is C20H20FN3O4. The van der Waals surface area contributed by atoms with E-state index in [0.717, 1.165) is 4.90 Å². The predicted molar refractivity (Wildman–Crippen MR) is 101 cm³/mol. The van der Waals surface area contributed by atoms with Gasteiger partial charge in [0.25, 0.3) is 5.91 Å². The molecule has 1 saturated heterocycles. The molecule has 1 aliphatic rings. The highest BCUT2D eigenvalue weighted by Gasteiger charge is 2.46. The van der Waals surface area contributed by atoms with Crippen molar-refractivity contribution in [1.29, 1.82) is 0 Å². The van der Waals surface area contributed by atoms with E-state index in [4.69, 9.17) is 4.74 Å². The summed E-state index contributed by atoms with van der Waals surface area (Å²) in [5, 5.41) is 2.71. The van der Waals surface area contributed by atoms with Crippen LogP contribution in [-0.2, 0) is 14.3 Å². The fourth-order valence-electron chi connectivity index (χ4n) is 3.01. The van der Waals surface area contributed by atoms with Gasteiger partial charge in [0.05, 0.1) is 18.7 Å². The number of anilines is 2. The highest BCUT2D eigenvalue weighted by atomic mass is 19.1. The molecule has 1 N–H and O–H groups in total. The van der Waals surface area contributed by atoms with E-state index >= 15 is 0 Å². The number of carbonyl (C=O) groups is 3. The number of carbonyl (C=O) groups excluding carboxylic acids is 3. The fraction of sp³-hybridized carbons (Fsp3) is 0.250. The lowest BCUT2D eigenvalue weighted by atomic mass is 10.1. The van der Waals surface area contributed by atoms with Crippen LogP contribution in [0.1, 0.15) is 6.42 Å². The van der Waals surface area contributed by atoms with Crippen LogP contribution in [0.5, 0.6) is 0 Å². The van der Waals surface area contributed by atoms with Crippen LogP contribution in [0.3, 0.4) is 0 Å². The van der Waals surface area contributed by atoms with Crippen molar-refractivity contribution in [2.45, 2.75) is 12.5 Å². The van der Waals surface area contributed by atoms with Crippen LogP contribution in [0.25, 0.3) is 0 Å². The van der Waals surface area contributed by atoms with Crippen LogP contribution >= 0.6 is 0 Å². The van der Waals surface area contributed by atoms with Crippen LogP contribution in [0.2, 0.25) is 0 Å². The number of rotatable bonds is 7. The molecule has 28 heavy (non-hydrogen) atoms. The van der Waals surface area contributed by atoms with Crippen molar-refractivity contribution >= 4 is 29.2 Å². The number of urea groups is 1. The number of nitrogens with one attached hydrogen (secondary N) is 1. The Kier molecular flexibility index (Phi) is 6.00. The number of amides is 4. The number of para-hydroxylation sites is 1. The average molecular weight is 385 g/mol. The van der Waals surface area contributed by atoms with Gasteiger partial charge in [-0.05, 0) is 36.4 Å². The summed E-state index contributed by atoms with van der Waals surface area (Å²) < 4.78 is 18.2. The molecule has 1 aliphatic heterocycles. The molecule has 2 aromatic carbocycles. The Morgan fingerprint density at radius 1 is 1.11 bits per heavy atom. The van der Waals surface area contributed by atoms with Crippen LogP contribution < -0.4 is 10.2 Å². The van der Waals surface area contributed by atoms with Gasteiger partial charge >= 0.3 is 6.03 Å². The van der Waals surface area contributed by atoms with Crippen LogP contribution in [-0.4, -0.2) is 49.0 Å². The van der Waals surface area contributed by atoms with Crippen LogP contribution in [0.15, 0.2) is 54.6 Å². The summed E-state index contributed by atoms with van der Waals surface area (Å²) in [6.45, 7) is 0.370. The Bertz CT molecular complexity index is 858. The minimum Gasteiger partial charge on any atom is -0.383 e. The second kappa shape index (κ2) is 8.62. The maximum Gasteiger partial charge on any atom is 0.332 e. The van der Waals surface area contributed by atoms with E-state index < -0.39 is 23.8 Å². The standard InChI is InChI=1S/C20H20FN3O4/c1-28-12-11-23-17(13-18(25)22-15-5-3-2-4-6-15)19(26)24(20(23)27)16-9-7-14(21)8-10-16/h2-10,17H,11-13H2,1H3,(H,22,25). The molecule has 8 heteroatoms. The first-order chi connectivity index (χ1) is 13.5. The minimum absolute atomic E-state index is 0.155. The van der Waals surface area contributed by atoms with Crippen molar-refractivity contribution in [3.8, 4) is 0 Å². The Labute approximate surface area is 161 Å². The van der Waals surface area contributed by atoms with Gasteiger partial charge in [-0.25, -0.2) is 14.1 Å². The zero-order valence-corrected chi connectivity index (χ0v) is 15.3. The van der Waals surface area contributed by atoms with Gasteiger partial charge in [-0.15, -0.1) is 0 Å². The lowest BCUT2D eigenvalue weighted by Crippen LogP contribution is -2.39. The number of hydrogen-bond acceptors (Lipinski definition) is 4. The maximum absolute atomic E-state index is 13.2. The summed E-state index contributed by atoms with van der Waals surface area (Å²) >= 11 is 0. The van der Waals surface area contributed by atoms with Gasteiger partial charge < -0.3 is 15.0 Å². The number of methoxy groups -OCH3 is 1. The molecule has 0 spiro atoms. The predicted octanol–water partition coefficient (Wildman–Crippen LogP) is 2.64. The third-order valence-corrected chi connectivity index (χ3v) is 4.38. The smallest absolute Gasteiger partial charge is 0.332 e. The maximum atomic E-state index is 13.2. The zero-order chi connectivity index (χ0) is 20.1. The largest absolute Gasteiger partial charge is 0.383 e. The van der Waals surface area contributed by atoms with Crippen molar-refractivity contribution in [2.75, 3.05) is 30.5 Å². The van der Waals surface area contributed by atoms with Gasteiger partial charge in [0.1, 0.15) is 11.9 Å². The normalized spacial score (nSPS) is 16.6. The molecule has 3 rings (SSSR count). The van der Waals surface area contributed by atoms with Gasteiger partial charge in [-0.1, -0.05) is 18.2 Å². The number of nitrogens with zero attached hydrogens (tertiary/aromatic N) is 2. The number of imide groups is 1. The summed E-state index contributed by atoms with van der Waals surface area (Å²) in [6.07, 6.45) is -0.194. The van der Waals surface area contributed by atoms with Crippen molar-refractivity contribution in [1.82, 2.24) is 4.90 Å². The highest BCUT2D eigenvalue weighted by Crippen LogP contribution is 2.27. The topological polar surface area (TPSA) is 79.0 Å². The average Bonchev–Trinajstić information content (AvgIpc) is 2.91. The molecule has 0 saturated carbocycles. The summed E-state index contributed by atoms with van der Waals surface area (Å²) in [4.78, 5) is 40.4. The Morgan fingerprint density at radius 3 is 2.43 bits per heavy atom. The van der Waals surface area contributed by atoms with Crippen molar-refractivity contribution < 1.29 is 23.5 Å². The zero-order valence-electron chi connectivity index (χ0n) is 15.3. The molecule has 1 atom stereocenters. The number of halogens is 1. The Balaban J connectivity index is 1.80. The minimum atomic E-state index is -0.962. The van der Waals surface area contributed by atoms with Gasteiger partial charge in [0, 0.05) is 19.3 Å². The molecule has 1 heterocycles. The SMILES string of the molecule is COCCN1C(=O)N(c2ccc(F)cc2)C(=O)C1CC(=O)Nc1ccccc1. The first kappa shape index (κ1) is 19.5. The molecule has 7 nitrogen and oxygen atoms in total. The van der Waals surface area contributed by atoms with E-state index in [0.29, 0.717) is 5.69 Å². The van der Waals surface area contributed by atoms with E-state index in [1.807, 2.05) is 6.07 Å². The molecule has 0 bridgehead atoms. The monoisotopic (exact) mass is 385 g/mol. The molecule has 146 valence electrons. The van der Waals surface area contributed by atoms with Crippen LogP contribution in [0.4, 0.5) is 20.6 Å². The summed E-state index contributed by atoms with van der Waals surface area (Å²) in [6, 6.07) is 12.4. The van der Waals surface area contributed by atoms with Gasteiger partial charge in [-0.3, -0.25) is 9.59 Å². The third-order valence-electron chi connectivity index (χ3n) is 4.38. The third kappa shape index (κ3) is 4.17. The van der Waals surface area contributed by atoms with Gasteiger partial charge in [0.15, 0.2) is 0 Å². The second-order valence-corrected chi connectivity index (χ2v) is 6.25. The van der Waals surface area contributed by atoms with Crippen LogP contribution in [0, 0.1) is 5.82 Å². The van der Waals surface area contributed by atoms with Gasteiger partial charge in [-0.2, -0.15) is 0 Å². The van der Waals surface area contributed by atoms with E-state index in [1.54, 1.807) is 24.3 Å². The van der Waals surface area contributed by atoms with Crippen molar-refractivity contribution in [3.63, 3.8) is 0 Å². The molecule has 0 aliphatic carbocycles. The molecular weight excluding hydrogens is 365 g/mol. The first-order valence-corrected chi connectivity index (χ1v) is 8.75. The number of ether oxygens (including phenoxy) is 1. The van der Waals surface area contributed by atoms with E-state index in [1.165, 1.54) is 36.3 Å². The second-order valence-electron chi connectivity index (χ2n) is 6.25. The molecule has 0 aromatic heterocycles. The van der Waals surface area contributed by atoms with Crippen molar-refractivity contribution in [3.05, 3.63) is 60.4 Å². The lowest BCUT2D eigenvalue weighted by molar-refractivity contribution is -0.124. The molecule has 4 amide bonds. The highest BCUT2D eigenvalue weighted by molar-refractivity contribution is 6.22. The van der Waals surface area contributed by atoms with E-state index in [2.05, 4.69) is 5.32 Å². The molecule has 0 radical (unpaired) electrons. The summed E-state index contributed by atoms with van der Waals surface area (Å²) in [5.41, 5.74) is 0.855. The lowest BCUT2D eigenvalue weighted by Gasteiger charge is -2.21. The molecule has 1 unspecified atom stereocenters. The van der Waals surface area contributed by atoms with E-state index in [9.17, 15) is 18.8 Å². The number of benzene rings is 2. The summed E-state index contributed by atoms with van der Waals surface area (Å²) in [7, 11) is 1.48. The molecule has 1 fully saturated rings. The number of hydrogen-bond donors (Lipinski definition) is 1. The Morgan fingerprint density at radius 2 is 1.79 bits per heavy atom. The Hall–Kier alpha value is -3.26. The van der Waals surface area contributed by atoms with Crippen molar-refractivity contribution in [2.24, 2.45) is 0 Å². The molecule has 2 aromatic rings.